The zero-order valence-electron chi connectivity index (χ0n) is 12.8. The molecule has 2 aliphatic rings. The van der Waals surface area contributed by atoms with Crippen LogP contribution in [0.3, 0.4) is 0 Å². The molecular weight excluding hydrogens is 281 g/mol. The fraction of sp³-hybridized carbons (Fsp3) is 0.471. The van der Waals surface area contributed by atoms with Gasteiger partial charge in [-0.3, -0.25) is 4.90 Å². The molecule has 0 atom stereocenters. The first kappa shape index (κ1) is 13.8. The molecule has 0 bridgehead atoms. The van der Waals surface area contributed by atoms with E-state index in [0.717, 1.165) is 31.6 Å². The van der Waals surface area contributed by atoms with Crippen LogP contribution < -0.4 is 4.74 Å². The lowest BCUT2D eigenvalue weighted by atomic mass is 10.1. The van der Waals surface area contributed by atoms with E-state index in [-0.39, 0.29) is 5.82 Å². The van der Waals surface area contributed by atoms with Crippen molar-refractivity contribution in [2.24, 2.45) is 0 Å². The lowest BCUT2D eigenvalue weighted by Crippen LogP contribution is -2.31. The van der Waals surface area contributed by atoms with Gasteiger partial charge in [0.1, 0.15) is 0 Å². The summed E-state index contributed by atoms with van der Waals surface area (Å²) in [5.41, 5.74) is 3.56. The molecule has 1 fully saturated rings. The summed E-state index contributed by atoms with van der Waals surface area (Å²) >= 11 is 0. The molecule has 4 nitrogen and oxygen atoms in total. The van der Waals surface area contributed by atoms with Crippen molar-refractivity contribution in [2.75, 3.05) is 13.7 Å². The van der Waals surface area contributed by atoms with Gasteiger partial charge in [-0.25, -0.2) is 9.37 Å². The molecule has 1 aromatic heterocycles. The molecule has 1 aliphatic heterocycles. The Morgan fingerprint density at radius 2 is 2.23 bits per heavy atom. The Morgan fingerprint density at radius 3 is 2.95 bits per heavy atom. The number of benzene rings is 1. The number of imidazole rings is 1. The van der Waals surface area contributed by atoms with Crippen molar-refractivity contribution in [3.8, 4) is 5.75 Å². The molecule has 116 valence electrons. The predicted octanol–water partition coefficient (Wildman–Crippen LogP) is 2.92. The first-order chi connectivity index (χ1) is 10.7. The van der Waals surface area contributed by atoms with Crippen LogP contribution in [0.4, 0.5) is 4.39 Å². The normalized spacial score (nSPS) is 18.3. The van der Waals surface area contributed by atoms with Crippen LogP contribution in [-0.2, 0) is 19.5 Å². The van der Waals surface area contributed by atoms with Gasteiger partial charge in [0.05, 0.1) is 19.1 Å². The van der Waals surface area contributed by atoms with Crippen LogP contribution in [0.2, 0.25) is 0 Å². The second-order valence-electron chi connectivity index (χ2n) is 6.21. The Morgan fingerprint density at radius 1 is 1.36 bits per heavy atom. The molecule has 4 rings (SSSR count). The maximum atomic E-state index is 13.8. The van der Waals surface area contributed by atoms with Gasteiger partial charge in [0.2, 0.25) is 0 Å². The van der Waals surface area contributed by atoms with Crippen molar-refractivity contribution in [3.63, 3.8) is 0 Å². The van der Waals surface area contributed by atoms with E-state index in [1.165, 1.54) is 31.3 Å². The van der Waals surface area contributed by atoms with Crippen LogP contribution in [0.15, 0.2) is 24.5 Å². The molecule has 22 heavy (non-hydrogen) atoms. The fourth-order valence-electron chi connectivity index (χ4n) is 3.25. The first-order valence-corrected chi connectivity index (χ1v) is 7.84. The standard InChI is InChI=1S/C17H20FN3O/c1-22-17-5-2-12(8-14(17)18)9-20-7-6-16-15(10-20)19-11-21(16)13-3-4-13/h2,5,8,11,13H,3-4,6-7,9-10H2,1H3. The summed E-state index contributed by atoms with van der Waals surface area (Å²) in [5, 5.41) is 0. The third-order valence-electron chi connectivity index (χ3n) is 4.58. The lowest BCUT2D eigenvalue weighted by molar-refractivity contribution is 0.239. The fourth-order valence-corrected chi connectivity index (χ4v) is 3.25. The molecule has 1 aliphatic carbocycles. The van der Waals surface area contributed by atoms with E-state index in [1.54, 1.807) is 12.1 Å². The number of fused-ring (bicyclic) bond motifs is 1. The van der Waals surface area contributed by atoms with Crippen molar-refractivity contribution in [2.45, 2.75) is 38.4 Å². The Labute approximate surface area is 129 Å². The van der Waals surface area contributed by atoms with E-state index in [9.17, 15) is 4.39 Å². The van der Waals surface area contributed by atoms with E-state index >= 15 is 0 Å². The van der Waals surface area contributed by atoms with E-state index in [2.05, 4.69) is 14.5 Å². The van der Waals surface area contributed by atoms with Crippen molar-refractivity contribution in [3.05, 3.63) is 47.3 Å². The first-order valence-electron chi connectivity index (χ1n) is 7.84. The largest absolute Gasteiger partial charge is 0.494 e. The van der Waals surface area contributed by atoms with Crippen LogP contribution in [0, 0.1) is 5.82 Å². The van der Waals surface area contributed by atoms with Gasteiger partial charge in [-0.1, -0.05) is 6.07 Å². The van der Waals surface area contributed by atoms with Gasteiger partial charge in [-0.05, 0) is 30.5 Å². The molecule has 0 unspecified atom stereocenters. The summed E-state index contributed by atoms with van der Waals surface area (Å²) < 4.78 is 21.1. The number of hydrogen-bond donors (Lipinski definition) is 0. The molecule has 1 saturated carbocycles. The molecule has 1 aromatic carbocycles. The summed E-state index contributed by atoms with van der Waals surface area (Å²) in [6.45, 7) is 2.60. The maximum absolute atomic E-state index is 13.8. The van der Waals surface area contributed by atoms with Gasteiger partial charge in [0.15, 0.2) is 11.6 Å². The van der Waals surface area contributed by atoms with Gasteiger partial charge < -0.3 is 9.30 Å². The van der Waals surface area contributed by atoms with Crippen molar-refractivity contribution >= 4 is 0 Å². The average molecular weight is 301 g/mol. The maximum Gasteiger partial charge on any atom is 0.165 e. The monoisotopic (exact) mass is 301 g/mol. The summed E-state index contributed by atoms with van der Waals surface area (Å²) in [6, 6.07) is 5.89. The highest BCUT2D eigenvalue weighted by molar-refractivity contribution is 5.29. The molecule has 5 heteroatoms. The number of hydrogen-bond acceptors (Lipinski definition) is 3. The topological polar surface area (TPSA) is 30.3 Å². The molecule has 0 N–H and O–H groups in total. The van der Waals surface area contributed by atoms with Crippen LogP contribution in [0.1, 0.15) is 35.8 Å². The number of halogens is 1. The third-order valence-corrected chi connectivity index (χ3v) is 4.58. The quantitative estimate of drug-likeness (QED) is 0.870. The Kier molecular flexibility index (Phi) is 3.37. The highest BCUT2D eigenvalue weighted by atomic mass is 19.1. The van der Waals surface area contributed by atoms with Crippen molar-refractivity contribution in [1.82, 2.24) is 14.5 Å². The number of methoxy groups -OCH3 is 1. The number of aromatic nitrogens is 2. The van der Waals surface area contributed by atoms with Crippen LogP contribution in [0.25, 0.3) is 0 Å². The Balaban J connectivity index is 1.47. The summed E-state index contributed by atoms with van der Waals surface area (Å²) in [6.07, 6.45) is 5.61. The van der Waals surface area contributed by atoms with Gasteiger partial charge in [-0.15, -0.1) is 0 Å². The van der Waals surface area contributed by atoms with E-state index in [4.69, 9.17) is 4.74 Å². The van der Waals surface area contributed by atoms with Gasteiger partial charge in [-0.2, -0.15) is 0 Å². The van der Waals surface area contributed by atoms with Gasteiger partial charge in [0, 0.05) is 37.8 Å². The average Bonchev–Trinajstić information content (AvgIpc) is 3.27. The summed E-state index contributed by atoms with van der Waals surface area (Å²) in [5.74, 6) is 0.00330. The Hall–Kier alpha value is -1.88. The second kappa shape index (κ2) is 5.39. The highest BCUT2D eigenvalue weighted by Gasteiger charge is 2.29. The Bertz CT molecular complexity index is 693. The van der Waals surface area contributed by atoms with E-state index < -0.39 is 0 Å². The second-order valence-corrected chi connectivity index (χ2v) is 6.21. The number of nitrogens with zero attached hydrogens (tertiary/aromatic N) is 3. The lowest BCUT2D eigenvalue weighted by Gasteiger charge is -2.27. The van der Waals surface area contributed by atoms with Gasteiger partial charge in [0.25, 0.3) is 0 Å². The third kappa shape index (κ3) is 2.50. The van der Waals surface area contributed by atoms with Crippen molar-refractivity contribution in [1.29, 1.82) is 0 Å². The molecule has 0 amide bonds. The van der Waals surface area contributed by atoms with Crippen molar-refractivity contribution < 1.29 is 9.13 Å². The predicted molar refractivity (Wildman–Crippen MR) is 81.3 cm³/mol. The number of rotatable bonds is 4. The molecule has 0 radical (unpaired) electrons. The zero-order chi connectivity index (χ0) is 15.1. The summed E-state index contributed by atoms with van der Waals surface area (Å²) in [4.78, 5) is 6.91. The SMILES string of the molecule is COc1ccc(CN2CCc3c(ncn3C3CC3)C2)cc1F. The molecule has 0 spiro atoms. The molecular formula is C17H20FN3O. The van der Waals surface area contributed by atoms with Gasteiger partial charge >= 0.3 is 0 Å². The number of ether oxygens (including phenoxy) is 1. The summed E-state index contributed by atoms with van der Waals surface area (Å²) in [7, 11) is 1.49. The van der Waals surface area contributed by atoms with E-state index in [1.807, 2.05) is 12.4 Å². The molecule has 2 aromatic rings. The minimum absolute atomic E-state index is 0.296. The minimum atomic E-state index is -0.296. The van der Waals surface area contributed by atoms with Crippen LogP contribution in [-0.4, -0.2) is 28.1 Å². The van der Waals surface area contributed by atoms with Crippen LogP contribution >= 0.6 is 0 Å². The van der Waals surface area contributed by atoms with Crippen LogP contribution in [0.5, 0.6) is 5.75 Å². The molecule has 2 heterocycles. The highest BCUT2D eigenvalue weighted by Crippen LogP contribution is 2.37. The minimum Gasteiger partial charge on any atom is -0.494 e. The smallest absolute Gasteiger partial charge is 0.165 e. The molecule has 0 saturated heterocycles. The zero-order valence-corrected chi connectivity index (χ0v) is 12.8. The van der Waals surface area contributed by atoms with E-state index in [0.29, 0.717) is 11.8 Å².